The van der Waals surface area contributed by atoms with Crippen LogP contribution >= 0.6 is 0 Å². The van der Waals surface area contributed by atoms with Crippen molar-refractivity contribution in [2.24, 2.45) is 0 Å². The third-order valence-electron chi connectivity index (χ3n) is 7.07. The maximum Gasteiger partial charge on any atom is 0.258 e. The minimum absolute atomic E-state index is 0.0360. The van der Waals surface area contributed by atoms with Gasteiger partial charge in [-0.2, -0.15) is 0 Å². The van der Waals surface area contributed by atoms with Crippen LogP contribution in [0.15, 0.2) is 91.0 Å². The van der Waals surface area contributed by atoms with Gasteiger partial charge in [-0.15, -0.1) is 0 Å². The average Bonchev–Trinajstić information content (AvgIpc) is 3.58. The van der Waals surface area contributed by atoms with Crippen LogP contribution in [-0.4, -0.2) is 30.8 Å². The van der Waals surface area contributed by atoms with E-state index in [-0.39, 0.29) is 18.7 Å². The highest BCUT2D eigenvalue weighted by Crippen LogP contribution is 2.37. The molecule has 0 fully saturated rings. The molecule has 1 amide bonds. The van der Waals surface area contributed by atoms with Crippen molar-refractivity contribution in [3.8, 4) is 28.4 Å². The van der Waals surface area contributed by atoms with Gasteiger partial charge in [0, 0.05) is 12.6 Å². The number of fused-ring (bicyclic) bond motifs is 2. The Morgan fingerprint density at radius 2 is 1.58 bits per heavy atom. The third kappa shape index (κ3) is 4.07. The van der Waals surface area contributed by atoms with E-state index in [0.717, 1.165) is 41.0 Å². The van der Waals surface area contributed by atoms with Crippen LogP contribution in [0, 0.1) is 0 Å². The first-order valence-corrected chi connectivity index (χ1v) is 12.2. The van der Waals surface area contributed by atoms with Crippen LogP contribution in [0.1, 0.15) is 27.0 Å². The summed E-state index contributed by atoms with van der Waals surface area (Å²) in [6, 6.07) is 30.2. The fourth-order valence-corrected chi connectivity index (χ4v) is 5.28. The van der Waals surface area contributed by atoms with Gasteiger partial charge in [0.25, 0.3) is 5.91 Å². The molecular weight excluding hydrogens is 450 g/mol. The van der Waals surface area contributed by atoms with Gasteiger partial charge in [-0.25, -0.2) is 0 Å². The fourth-order valence-electron chi connectivity index (χ4n) is 5.28. The average molecular weight is 478 g/mol. The van der Waals surface area contributed by atoms with Gasteiger partial charge in [-0.05, 0) is 58.9 Å². The maximum absolute atomic E-state index is 14.5. The number of carbonyl (C=O) groups is 1. The minimum Gasteiger partial charge on any atom is -0.496 e. The van der Waals surface area contributed by atoms with Crippen molar-refractivity contribution >= 4 is 5.91 Å². The molecule has 0 unspecified atom stereocenters. The lowest BCUT2D eigenvalue weighted by Crippen LogP contribution is -2.40. The first kappa shape index (κ1) is 22.2. The molecule has 5 nitrogen and oxygen atoms in total. The van der Waals surface area contributed by atoms with E-state index in [9.17, 15) is 4.79 Å². The van der Waals surface area contributed by atoms with Crippen LogP contribution in [0.4, 0.5) is 0 Å². The molecule has 1 heterocycles. The van der Waals surface area contributed by atoms with Crippen molar-refractivity contribution in [2.75, 3.05) is 13.9 Å². The minimum atomic E-state index is -0.0400. The normalized spacial score (nSPS) is 13.9. The van der Waals surface area contributed by atoms with E-state index in [1.165, 1.54) is 11.1 Å². The van der Waals surface area contributed by atoms with Crippen LogP contribution in [0.3, 0.4) is 0 Å². The number of nitrogens with zero attached hydrogens (tertiary/aromatic N) is 1. The topological polar surface area (TPSA) is 48.0 Å². The molecule has 0 radical (unpaired) electrons. The quantitative estimate of drug-likeness (QED) is 0.347. The van der Waals surface area contributed by atoms with Gasteiger partial charge in [-0.1, -0.05) is 72.8 Å². The summed E-state index contributed by atoms with van der Waals surface area (Å²) in [5, 5.41) is 0. The number of amides is 1. The molecule has 180 valence electrons. The number of hydrogen-bond acceptors (Lipinski definition) is 4. The molecule has 6 rings (SSSR count). The van der Waals surface area contributed by atoms with Gasteiger partial charge < -0.3 is 19.1 Å². The van der Waals surface area contributed by atoms with E-state index >= 15 is 0 Å². The van der Waals surface area contributed by atoms with E-state index in [1.54, 1.807) is 7.11 Å². The molecule has 0 aromatic heterocycles. The first-order chi connectivity index (χ1) is 17.7. The summed E-state index contributed by atoms with van der Waals surface area (Å²) >= 11 is 0. The molecule has 0 atom stereocenters. The zero-order chi connectivity index (χ0) is 24.5. The molecule has 1 aliphatic carbocycles. The smallest absolute Gasteiger partial charge is 0.258 e. The Morgan fingerprint density at radius 3 is 2.33 bits per heavy atom. The number of ether oxygens (including phenoxy) is 3. The second-order valence-electron chi connectivity index (χ2n) is 9.20. The number of methoxy groups -OCH3 is 1. The first-order valence-electron chi connectivity index (χ1n) is 12.2. The molecule has 0 bridgehead atoms. The van der Waals surface area contributed by atoms with Gasteiger partial charge in [0.05, 0.1) is 12.7 Å². The van der Waals surface area contributed by atoms with E-state index in [2.05, 4.69) is 24.3 Å². The summed E-state index contributed by atoms with van der Waals surface area (Å²) in [7, 11) is 1.62. The predicted molar refractivity (Wildman–Crippen MR) is 139 cm³/mol. The second-order valence-corrected chi connectivity index (χ2v) is 9.20. The van der Waals surface area contributed by atoms with Gasteiger partial charge in [0.1, 0.15) is 5.75 Å². The Bertz CT molecular complexity index is 1390. The second kappa shape index (κ2) is 9.42. The summed E-state index contributed by atoms with van der Waals surface area (Å²) in [5.74, 6) is 1.99. The lowest BCUT2D eigenvalue weighted by molar-refractivity contribution is 0.0665. The Labute approximate surface area is 210 Å². The molecule has 0 N–H and O–H groups in total. The zero-order valence-corrected chi connectivity index (χ0v) is 20.1. The van der Waals surface area contributed by atoms with Crippen molar-refractivity contribution in [1.82, 2.24) is 4.90 Å². The Kier molecular flexibility index (Phi) is 5.82. The highest BCUT2D eigenvalue weighted by molar-refractivity contribution is 6.03. The van der Waals surface area contributed by atoms with Gasteiger partial charge in [0.2, 0.25) is 6.79 Å². The molecule has 0 spiro atoms. The van der Waals surface area contributed by atoms with E-state index in [4.69, 9.17) is 14.2 Å². The van der Waals surface area contributed by atoms with Crippen molar-refractivity contribution in [1.29, 1.82) is 0 Å². The van der Waals surface area contributed by atoms with Gasteiger partial charge in [0.15, 0.2) is 11.5 Å². The summed E-state index contributed by atoms with van der Waals surface area (Å²) in [6.07, 6.45) is 1.64. The fraction of sp³-hybridized carbons (Fsp3) is 0.194. The molecule has 1 aliphatic heterocycles. The largest absolute Gasteiger partial charge is 0.496 e. The molecule has 2 aliphatic rings. The molecule has 0 saturated heterocycles. The van der Waals surface area contributed by atoms with Crippen molar-refractivity contribution in [3.05, 3.63) is 113 Å². The van der Waals surface area contributed by atoms with E-state index < -0.39 is 0 Å². The molecule has 5 heteroatoms. The molecular formula is C31H27NO4. The maximum atomic E-state index is 14.5. The molecule has 0 saturated carbocycles. The SMILES string of the molecule is COc1cccc(-c2ccccc2)c1C(=O)N(Cc1ccc2c(c1)OCO2)C1Cc2ccccc2C1. The number of carbonyl (C=O) groups excluding carboxylic acids is 1. The molecule has 4 aromatic rings. The van der Waals surface area contributed by atoms with Crippen molar-refractivity contribution in [2.45, 2.75) is 25.4 Å². The lowest BCUT2D eigenvalue weighted by Gasteiger charge is -2.31. The van der Waals surface area contributed by atoms with Crippen LogP contribution in [0.2, 0.25) is 0 Å². The Balaban J connectivity index is 1.42. The van der Waals surface area contributed by atoms with Crippen molar-refractivity contribution in [3.63, 3.8) is 0 Å². The monoisotopic (exact) mass is 477 g/mol. The number of benzene rings is 4. The van der Waals surface area contributed by atoms with Gasteiger partial charge >= 0.3 is 0 Å². The third-order valence-corrected chi connectivity index (χ3v) is 7.07. The van der Waals surface area contributed by atoms with E-state index in [0.29, 0.717) is 17.9 Å². The van der Waals surface area contributed by atoms with Crippen LogP contribution < -0.4 is 14.2 Å². The lowest BCUT2D eigenvalue weighted by atomic mass is 9.96. The van der Waals surface area contributed by atoms with Crippen LogP contribution in [0.5, 0.6) is 17.2 Å². The summed E-state index contributed by atoms with van der Waals surface area (Å²) < 4.78 is 16.8. The standard InChI is InChI=1S/C31H27NO4/c1-34-28-13-7-12-26(22-8-3-2-4-9-22)30(28)31(33)32(25-17-23-10-5-6-11-24(23)18-25)19-21-14-15-27-29(16-21)36-20-35-27/h2-16,25H,17-20H2,1H3. The zero-order valence-electron chi connectivity index (χ0n) is 20.1. The Hall–Kier alpha value is -4.25. The van der Waals surface area contributed by atoms with Crippen molar-refractivity contribution < 1.29 is 19.0 Å². The van der Waals surface area contributed by atoms with E-state index in [1.807, 2.05) is 71.6 Å². The highest BCUT2D eigenvalue weighted by Gasteiger charge is 2.33. The van der Waals surface area contributed by atoms with Crippen LogP contribution in [-0.2, 0) is 19.4 Å². The molecule has 4 aromatic carbocycles. The summed E-state index contributed by atoms with van der Waals surface area (Å²) in [4.78, 5) is 16.5. The van der Waals surface area contributed by atoms with Crippen LogP contribution in [0.25, 0.3) is 11.1 Å². The summed E-state index contributed by atoms with van der Waals surface area (Å²) in [6.45, 7) is 0.682. The predicted octanol–water partition coefficient (Wildman–Crippen LogP) is 5.90. The number of rotatable bonds is 6. The Morgan fingerprint density at radius 1 is 0.861 bits per heavy atom. The molecule has 36 heavy (non-hydrogen) atoms. The summed E-state index contributed by atoms with van der Waals surface area (Å²) in [5.41, 5.74) is 6.04. The van der Waals surface area contributed by atoms with Gasteiger partial charge in [-0.3, -0.25) is 4.79 Å². The highest BCUT2D eigenvalue weighted by atomic mass is 16.7. The number of hydrogen-bond donors (Lipinski definition) is 0.